The smallest absolute Gasteiger partial charge is 0.395 e. The van der Waals surface area contributed by atoms with Crippen molar-refractivity contribution in [1.82, 2.24) is 0 Å². The molecule has 6 heteroatoms. The fourth-order valence-electron chi connectivity index (χ4n) is 2.72. The van der Waals surface area contributed by atoms with Gasteiger partial charge in [-0.2, -0.15) is 0 Å². The third-order valence-corrected chi connectivity index (χ3v) is 5.20. The van der Waals surface area contributed by atoms with Crippen LogP contribution in [0.25, 0.3) is 0 Å². The lowest BCUT2D eigenvalue weighted by Crippen LogP contribution is -2.11. The molecule has 3 aromatic rings. The maximum absolute atomic E-state index is 12.7. The van der Waals surface area contributed by atoms with Crippen LogP contribution in [0.1, 0.15) is 63.0 Å². The number of hydrogen-bond acceptors (Lipinski definition) is 4. The number of phosphoric acid groups is 1. The molecule has 1 unspecified atom stereocenters. The predicted octanol–water partition coefficient (Wildman–Crippen LogP) is 7.44. The van der Waals surface area contributed by atoms with Crippen molar-refractivity contribution in [1.29, 1.82) is 0 Å². The molecule has 0 aromatic heterocycles. The lowest BCUT2D eigenvalue weighted by molar-refractivity contribution is 0.103. The van der Waals surface area contributed by atoms with E-state index >= 15 is 0 Å². The lowest BCUT2D eigenvalue weighted by Gasteiger charge is -2.19. The summed E-state index contributed by atoms with van der Waals surface area (Å²) in [5, 5.41) is 0. The molecule has 5 nitrogen and oxygen atoms in total. The Morgan fingerprint density at radius 2 is 1.15 bits per heavy atom. The highest BCUT2D eigenvalue weighted by Gasteiger charge is 2.25. The highest BCUT2D eigenvalue weighted by Crippen LogP contribution is 2.44. The number of hydrogen-bond donors (Lipinski definition) is 1. The average molecular weight is 469 g/mol. The first-order valence-corrected chi connectivity index (χ1v) is 12.4. The molecule has 33 heavy (non-hydrogen) atoms. The zero-order valence-electron chi connectivity index (χ0n) is 20.1. The highest BCUT2D eigenvalue weighted by molar-refractivity contribution is 7.48. The zero-order valence-corrected chi connectivity index (χ0v) is 21.0. The Morgan fingerprint density at radius 1 is 0.758 bits per heavy atom. The van der Waals surface area contributed by atoms with E-state index in [2.05, 4.69) is 41.5 Å². The van der Waals surface area contributed by atoms with E-state index in [1.54, 1.807) is 42.5 Å². The fraction of sp³-hybridized carbons (Fsp3) is 0.296. The molecule has 0 saturated heterocycles. The van der Waals surface area contributed by atoms with Crippen LogP contribution in [0.4, 0.5) is 0 Å². The standard InChI is InChI=1S/C23H23O5P.C4H10/c1-23(2,3)19-13-9-17(10-14-19)22(24)18-11-15-21(16-12-18)28-29(25,26)27-20-7-5-4-6-8-20;1-4(2)3/h4-16H,1-3H3,(H,25,26);4H,1-3H3. The Kier molecular flexibility index (Phi) is 9.04. The monoisotopic (exact) mass is 468 g/mol. The van der Waals surface area contributed by atoms with Gasteiger partial charge in [-0.25, -0.2) is 4.57 Å². The number of carbonyl (C=O) groups is 1. The number of para-hydroxylation sites is 1. The number of carbonyl (C=O) groups excluding carboxylic acids is 1. The third kappa shape index (κ3) is 8.88. The highest BCUT2D eigenvalue weighted by atomic mass is 31.2. The van der Waals surface area contributed by atoms with Gasteiger partial charge in [-0.1, -0.05) is 84.0 Å². The average Bonchev–Trinajstić information content (AvgIpc) is 2.73. The number of benzene rings is 3. The molecule has 0 heterocycles. The summed E-state index contributed by atoms with van der Waals surface area (Å²) in [6.45, 7) is 12.8. The maximum atomic E-state index is 12.7. The van der Waals surface area contributed by atoms with Crippen molar-refractivity contribution in [3.8, 4) is 11.5 Å². The van der Waals surface area contributed by atoms with Crippen LogP contribution in [0.2, 0.25) is 0 Å². The molecule has 0 aliphatic carbocycles. The molecular weight excluding hydrogens is 435 g/mol. The Balaban J connectivity index is 0.000000890. The molecule has 1 N–H and O–H groups in total. The van der Waals surface area contributed by atoms with Crippen LogP contribution in [0, 0.1) is 5.92 Å². The van der Waals surface area contributed by atoms with E-state index in [4.69, 9.17) is 9.05 Å². The summed E-state index contributed by atoms with van der Waals surface area (Å²) in [7, 11) is -4.34. The van der Waals surface area contributed by atoms with Crippen molar-refractivity contribution >= 4 is 13.6 Å². The Hall–Kier alpha value is -2.88. The van der Waals surface area contributed by atoms with E-state index in [0.717, 1.165) is 11.5 Å². The maximum Gasteiger partial charge on any atom is 0.584 e. The molecule has 0 aliphatic heterocycles. The molecule has 3 aromatic carbocycles. The van der Waals surface area contributed by atoms with Gasteiger partial charge in [-0.3, -0.25) is 9.69 Å². The minimum Gasteiger partial charge on any atom is -0.395 e. The summed E-state index contributed by atoms with van der Waals surface area (Å²) in [6.07, 6.45) is 0. The molecule has 0 radical (unpaired) electrons. The summed E-state index contributed by atoms with van der Waals surface area (Å²) in [5.74, 6) is 1.06. The lowest BCUT2D eigenvalue weighted by atomic mass is 9.86. The molecule has 0 amide bonds. The van der Waals surface area contributed by atoms with Crippen molar-refractivity contribution in [3.63, 3.8) is 0 Å². The normalized spacial score (nSPS) is 12.8. The molecule has 0 bridgehead atoms. The van der Waals surface area contributed by atoms with E-state index < -0.39 is 7.82 Å². The molecule has 0 fully saturated rings. The van der Waals surface area contributed by atoms with Crippen molar-refractivity contribution in [2.45, 2.75) is 47.0 Å². The molecule has 3 rings (SSSR count). The van der Waals surface area contributed by atoms with Crippen LogP contribution in [-0.4, -0.2) is 10.7 Å². The van der Waals surface area contributed by atoms with Crippen molar-refractivity contribution in [3.05, 3.63) is 95.6 Å². The predicted molar refractivity (Wildman–Crippen MR) is 133 cm³/mol. The molecule has 176 valence electrons. The Morgan fingerprint density at radius 3 is 1.58 bits per heavy atom. The zero-order chi connectivity index (χ0) is 24.6. The van der Waals surface area contributed by atoms with Gasteiger partial charge in [0.15, 0.2) is 5.78 Å². The minimum atomic E-state index is -4.34. The van der Waals surface area contributed by atoms with Gasteiger partial charge in [0.1, 0.15) is 11.5 Å². The third-order valence-electron chi connectivity index (χ3n) is 4.31. The molecular formula is C27H33O5P. The van der Waals surface area contributed by atoms with Gasteiger partial charge in [0, 0.05) is 11.1 Å². The van der Waals surface area contributed by atoms with Crippen LogP contribution in [0.15, 0.2) is 78.9 Å². The van der Waals surface area contributed by atoms with Gasteiger partial charge >= 0.3 is 7.82 Å². The summed E-state index contributed by atoms with van der Waals surface area (Å²) in [5.41, 5.74) is 2.19. The largest absolute Gasteiger partial charge is 0.584 e. The first-order valence-electron chi connectivity index (χ1n) is 10.9. The van der Waals surface area contributed by atoms with Crippen LogP contribution in [-0.2, 0) is 9.98 Å². The molecule has 0 spiro atoms. The first kappa shape index (κ1) is 26.4. The minimum absolute atomic E-state index is 0.0145. The van der Waals surface area contributed by atoms with E-state index in [9.17, 15) is 14.3 Å². The van der Waals surface area contributed by atoms with Gasteiger partial charge in [0.25, 0.3) is 0 Å². The van der Waals surface area contributed by atoms with E-state index in [-0.39, 0.29) is 22.7 Å². The van der Waals surface area contributed by atoms with E-state index in [1.807, 2.05) is 24.3 Å². The van der Waals surface area contributed by atoms with Crippen LogP contribution in [0.5, 0.6) is 11.5 Å². The van der Waals surface area contributed by atoms with Crippen molar-refractivity contribution in [2.24, 2.45) is 5.92 Å². The second-order valence-corrected chi connectivity index (χ2v) is 10.7. The SMILES string of the molecule is CC(C)(C)c1ccc(C(=O)c2ccc(OP(=O)(O)Oc3ccccc3)cc2)cc1.CC(C)C. The Labute approximate surface area is 197 Å². The van der Waals surface area contributed by atoms with Crippen molar-refractivity contribution in [2.75, 3.05) is 0 Å². The summed E-state index contributed by atoms with van der Waals surface area (Å²) in [4.78, 5) is 22.6. The molecule has 0 aliphatic rings. The number of rotatable bonds is 6. The van der Waals surface area contributed by atoms with Crippen molar-refractivity contribution < 1.29 is 23.3 Å². The summed E-state index contributed by atoms with van der Waals surface area (Å²) >= 11 is 0. The van der Waals surface area contributed by atoms with Gasteiger partial charge in [0.05, 0.1) is 0 Å². The van der Waals surface area contributed by atoms with Crippen LogP contribution >= 0.6 is 7.82 Å². The van der Waals surface area contributed by atoms with Gasteiger partial charge < -0.3 is 9.05 Å². The van der Waals surface area contributed by atoms with E-state index in [0.29, 0.717) is 11.1 Å². The number of phosphoric ester groups is 1. The van der Waals surface area contributed by atoms with Gasteiger partial charge in [0.2, 0.25) is 0 Å². The fourth-order valence-corrected chi connectivity index (χ4v) is 3.54. The second-order valence-electron chi connectivity index (χ2n) is 9.38. The summed E-state index contributed by atoms with van der Waals surface area (Å²) in [6, 6.07) is 21.8. The summed E-state index contributed by atoms with van der Waals surface area (Å²) < 4.78 is 22.2. The number of ketones is 1. The molecule has 0 saturated carbocycles. The topological polar surface area (TPSA) is 72.8 Å². The first-order chi connectivity index (χ1) is 15.4. The van der Waals surface area contributed by atoms with Gasteiger partial charge in [-0.05, 0) is 53.3 Å². The van der Waals surface area contributed by atoms with E-state index in [1.165, 1.54) is 12.1 Å². The van der Waals surface area contributed by atoms with Gasteiger partial charge in [-0.15, -0.1) is 0 Å². The van der Waals surface area contributed by atoms with Crippen LogP contribution < -0.4 is 9.05 Å². The quantitative estimate of drug-likeness (QED) is 0.301. The Bertz CT molecular complexity index is 1060. The second kappa shape index (κ2) is 11.3. The molecule has 1 atom stereocenters. The van der Waals surface area contributed by atoms with Crippen LogP contribution in [0.3, 0.4) is 0 Å².